The van der Waals surface area contributed by atoms with Gasteiger partial charge in [0.1, 0.15) is 0 Å². The Morgan fingerprint density at radius 3 is 1.52 bits per heavy atom. The van der Waals surface area contributed by atoms with E-state index in [1.165, 1.54) is 13.8 Å². The van der Waals surface area contributed by atoms with Crippen LogP contribution in [0.4, 0.5) is 22.0 Å². The molecular weight excluding hydrogens is 355 g/mol. The molecule has 0 bridgehead atoms. The Bertz CT molecular complexity index is 664. The zero-order valence-corrected chi connectivity index (χ0v) is 13.0. The third kappa shape index (κ3) is 4.64. The van der Waals surface area contributed by atoms with Gasteiger partial charge in [-0.3, -0.25) is 9.59 Å². The first-order valence-electron chi connectivity index (χ1n) is 6.95. The molecule has 0 heterocycles. The molecule has 1 aromatic rings. The van der Waals surface area contributed by atoms with Gasteiger partial charge in [-0.05, 0) is 0 Å². The van der Waals surface area contributed by atoms with Crippen LogP contribution in [0.25, 0.3) is 0 Å². The van der Waals surface area contributed by atoms with Crippen molar-refractivity contribution in [2.75, 3.05) is 0 Å². The molecule has 1 rings (SSSR count). The summed E-state index contributed by atoms with van der Waals surface area (Å²) in [5, 5.41) is 3.96. The van der Waals surface area contributed by atoms with E-state index >= 15 is 0 Å². The second-order valence-electron chi connectivity index (χ2n) is 4.60. The molecule has 0 spiro atoms. The second-order valence-corrected chi connectivity index (χ2v) is 4.60. The Hall–Kier alpha value is -2.72. The maximum absolute atomic E-state index is 13.5. The number of carbonyl (C=O) groups is 3. The molecule has 25 heavy (non-hydrogen) atoms. The van der Waals surface area contributed by atoms with E-state index in [4.69, 9.17) is 0 Å². The number of ether oxygens (including phenoxy) is 1. The van der Waals surface area contributed by atoms with E-state index in [0.29, 0.717) is 0 Å². The minimum atomic E-state index is -2.43. The van der Waals surface area contributed by atoms with Gasteiger partial charge in [-0.15, -0.1) is 0 Å². The molecule has 0 aliphatic rings. The van der Waals surface area contributed by atoms with Gasteiger partial charge in [0, 0.05) is 12.8 Å². The molecular formula is C14H13F5N2O4. The minimum Gasteiger partial charge on any atom is -0.417 e. The zero-order valence-electron chi connectivity index (χ0n) is 13.0. The van der Waals surface area contributed by atoms with Crippen molar-refractivity contribution in [1.82, 2.24) is 10.6 Å². The SMILES string of the molecule is CCC(=O)NC(NC(=O)CC)C(=O)Oc1c(F)c(F)c(F)c(F)c1F. The van der Waals surface area contributed by atoms with Gasteiger partial charge >= 0.3 is 5.97 Å². The zero-order chi connectivity index (χ0) is 19.3. The maximum Gasteiger partial charge on any atom is 0.355 e. The molecule has 6 nitrogen and oxygen atoms in total. The minimum absolute atomic E-state index is 0.117. The van der Waals surface area contributed by atoms with Crippen LogP contribution in [0.5, 0.6) is 5.75 Å². The lowest BCUT2D eigenvalue weighted by Gasteiger charge is -2.18. The molecule has 0 aromatic heterocycles. The quantitative estimate of drug-likeness (QED) is 0.200. The summed E-state index contributed by atoms with van der Waals surface area (Å²) in [6.45, 7) is 2.81. The van der Waals surface area contributed by atoms with Crippen LogP contribution in [0.1, 0.15) is 26.7 Å². The van der Waals surface area contributed by atoms with Gasteiger partial charge in [0.05, 0.1) is 0 Å². The van der Waals surface area contributed by atoms with E-state index in [0.717, 1.165) is 0 Å². The highest BCUT2D eigenvalue weighted by Gasteiger charge is 2.31. The van der Waals surface area contributed by atoms with Crippen molar-refractivity contribution in [2.24, 2.45) is 0 Å². The molecule has 0 unspecified atom stereocenters. The first kappa shape index (κ1) is 20.3. The smallest absolute Gasteiger partial charge is 0.355 e. The van der Waals surface area contributed by atoms with E-state index in [9.17, 15) is 36.3 Å². The fourth-order valence-corrected chi connectivity index (χ4v) is 1.51. The van der Waals surface area contributed by atoms with Crippen LogP contribution in [0.3, 0.4) is 0 Å². The van der Waals surface area contributed by atoms with Crippen LogP contribution in [-0.4, -0.2) is 23.9 Å². The summed E-state index contributed by atoms with van der Waals surface area (Å²) in [5.74, 6) is -16.8. The second kappa shape index (κ2) is 8.40. The highest BCUT2D eigenvalue weighted by atomic mass is 19.2. The van der Waals surface area contributed by atoms with Gasteiger partial charge in [-0.25, -0.2) is 18.0 Å². The number of amides is 2. The van der Waals surface area contributed by atoms with Crippen molar-refractivity contribution >= 4 is 17.8 Å². The Labute approximate surface area is 138 Å². The molecule has 0 aliphatic carbocycles. The highest BCUT2D eigenvalue weighted by molar-refractivity contribution is 5.89. The molecule has 0 fully saturated rings. The van der Waals surface area contributed by atoms with Gasteiger partial charge < -0.3 is 15.4 Å². The van der Waals surface area contributed by atoms with Gasteiger partial charge in [0.15, 0.2) is 0 Å². The lowest BCUT2D eigenvalue weighted by atomic mass is 10.2. The third-order valence-electron chi connectivity index (χ3n) is 2.86. The lowest BCUT2D eigenvalue weighted by molar-refractivity contribution is -0.142. The molecule has 138 valence electrons. The predicted molar refractivity (Wildman–Crippen MR) is 72.5 cm³/mol. The number of nitrogens with one attached hydrogen (secondary N) is 2. The number of rotatable bonds is 6. The number of esters is 1. The van der Waals surface area contributed by atoms with Crippen LogP contribution in [0.2, 0.25) is 0 Å². The highest BCUT2D eigenvalue weighted by Crippen LogP contribution is 2.29. The Morgan fingerprint density at radius 1 is 0.800 bits per heavy atom. The Morgan fingerprint density at radius 2 is 1.16 bits per heavy atom. The predicted octanol–water partition coefficient (Wildman–Crippen LogP) is 1.67. The van der Waals surface area contributed by atoms with Gasteiger partial charge in [-0.2, -0.15) is 8.78 Å². The molecule has 0 atom stereocenters. The molecule has 1 aromatic carbocycles. The van der Waals surface area contributed by atoms with Gasteiger partial charge in [0.2, 0.25) is 52.8 Å². The number of halogens is 5. The third-order valence-corrected chi connectivity index (χ3v) is 2.86. The van der Waals surface area contributed by atoms with Crippen LogP contribution in [0, 0.1) is 29.1 Å². The van der Waals surface area contributed by atoms with Crippen molar-refractivity contribution in [1.29, 1.82) is 0 Å². The number of benzene rings is 1. The van der Waals surface area contributed by atoms with Crippen molar-refractivity contribution in [2.45, 2.75) is 32.9 Å². The average Bonchev–Trinajstić information content (AvgIpc) is 2.60. The summed E-state index contributed by atoms with van der Waals surface area (Å²) in [6.07, 6.45) is -2.11. The molecule has 0 saturated heterocycles. The summed E-state index contributed by atoms with van der Waals surface area (Å²) < 4.78 is 70.3. The van der Waals surface area contributed by atoms with Crippen LogP contribution >= 0.6 is 0 Å². The monoisotopic (exact) mass is 368 g/mol. The van der Waals surface area contributed by atoms with Gasteiger partial charge in [-0.1, -0.05) is 13.8 Å². The van der Waals surface area contributed by atoms with E-state index in [1.54, 1.807) is 0 Å². The molecule has 0 aliphatic heterocycles. The summed E-state index contributed by atoms with van der Waals surface area (Å²) in [6, 6.07) is 0. The normalized spacial score (nSPS) is 10.6. The van der Waals surface area contributed by atoms with Crippen LogP contribution in [-0.2, 0) is 14.4 Å². The van der Waals surface area contributed by atoms with Crippen LogP contribution < -0.4 is 15.4 Å². The summed E-state index contributed by atoms with van der Waals surface area (Å²) in [4.78, 5) is 34.6. The van der Waals surface area contributed by atoms with E-state index in [1.807, 2.05) is 10.6 Å². The molecule has 2 N–H and O–H groups in total. The largest absolute Gasteiger partial charge is 0.417 e. The summed E-state index contributed by atoms with van der Waals surface area (Å²) in [7, 11) is 0. The number of hydrogen-bond donors (Lipinski definition) is 2. The van der Waals surface area contributed by atoms with Crippen LogP contribution in [0.15, 0.2) is 0 Å². The Kier molecular flexibility index (Phi) is 6.83. The molecule has 2 amide bonds. The number of carbonyl (C=O) groups excluding carboxylic acids is 3. The Balaban J connectivity index is 3.15. The fourth-order valence-electron chi connectivity index (χ4n) is 1.51. The first-order valence-corrected chi connectivity index (χ1v) is 6.95. The molecule has 0 saturated carbocycles. The molecule has 0 radical (unpaired) electrons. The average molecular weight is 368 g/mol. The van der Waals surface area contributed by atoms with E-state index in [-0.39, 0.29) is 12.8 Å². The topological polar surface area (TPSA) is 84.5 Å². The summed E-state index contributed by atoms with van der Waals surface area (Å²) in [5.41, 5.74) is 0. The van der Waals surface area contributed by atoms with Crippen molar-refractivity contribution in [3.8, 4) is 5.75 Å². The maximum atomic E-state index is 13.5. The van der Waals surface area contributed by atoms with E-state index < -0.39 is 58.8 Å². The number of hydrogen-bond acceptors (Lipinski definition) is 4. The van der Waals surface area contributed by atoms with E-state index in [2.05, 4.69) is 4.74 Å². The van der Waals surface area contributed by atoms with Gasteiger partial charge in [0.25, 0.3) is 0 Å². The van der Waals surface area contributed by atoms with Crippen molar-refractivity contribution < 1.29 is 41.1 Å². The summed E-state index contributed by atoms with van der Waals surface area (Å²) >= 11 is 0. The standard InChI is InChI=1S/C14H13F5N2O4/c1-3-5(22)20-13(21-6(23)4-2)14(24)25-12-10(18)8(16)7(15)9(17)11(12)19/h13H,3-4H2,1-2H3,(H,20,22)(H,21,23). The van der Waals surface area contributed by atoms with Crippen molar-refractivity contribution in [3.63, 3.8) is 0 Å². The molecule has 11 heteroatoms. The lowest BCUT2D eigenvalue weighted by Crippen LogP contribution is -2.54. The van der Waals surface area contributed by atoms with Crippen molar-refractivity contribution in [3.05, 3.63) is 29.1 Å². The first-order chi connectivity index (χ1) is 11.6. The fraction of sp³-hybridized carbons (Fsp3) is 0.357.